The van der Waals surface area contributed by atoms with E-state index in [1.807, 2.05) is 108 Å². The summed E-state index contributed by atoms with van der Waals surface area (Å²) in [5.74, 6) is -0.269. The van der Waals surface area contributed by atoms with Crippen LogP contribution in [0.3, 0.4) is 0 Å². The van der Waals surface area contributed by atoms with Crippen molar-refractivity contribution >= 4 is 44.5 Å². The van der Waals surface area contributed by atoms with Crippen molar-refractivity contribution in [3.8, 4) is 11.4 Å². The predicted molar refractivity (Wildman–Crippen MR) is 150 cm³/mol. The lowest BCUT2D eigenvalue weighted by molar-refractivity contribution is -0.157. The Balaban J connectivity index is 1.55. The summed E-state index contributed by atoms with van der Waals surface area (Å²) in [7, 11) is 0. The molecule has 5 rings (SSSR count). The first-order valence-corrected chi connectivity index (χ1v) is 13.4. The zero-order valence-electron chi connectivity index (χ0n) is 22.4. The maximum Gasteiger partial charge on any atom is 0.435 e. The Morgan fingerprint density at radius 3 is 2.37 bits per heavy atom. The summed E-state index contributed by atoms with van der Waals surface area (Å²) >= 11 is 1.52. The molecule has 0 aliphatic rings. The molecule has 2 aromatic carbocycles. The Kier molecular flexibility index (Phi) is 6.39. The first-order valence-electron chi connectivity index (χ1n) is 12.5. The number of nitrogens with zero attached hydrogens (tertiary/aromatic N) is 2. The number of nitrogens with one attached hydrogen (secondary N) is 1. The van der Waals surface area contributed by atoms with Crippen LogP contribution in [0.25, 0.3) is 32.5 Å². The zero-order valence-corrected chi connectivity index (χ0v) is 23.2. The molecule has 0 bridgehead atoms. The van der Waals surface area contributed by atoms with Gasteiger partial charge in [-0.3, -0.25) is 4.79 Å². The van der Waals surface area contributed by atoms with Gasteiger partial charge in [0.25, 0.3) is 0 Å². The van der Waals surface area contributed by atoms with Crippen molar-refractivity contribution in [2.75, 3.05) is 0 Å². The second-order valence-corrected chi connectivity index (χ2v) is 12.3. The third-order valence-corrected chi connectivity index (χ3v) is 6.91. The van der Waals surface area contributed by atoms with E-state index in [9.17, 15) is 9.59 Å². The SMILES string of the molecule is CC(C)(C)OC(=O)n1nc(-c2cc3cc(C(OC(=O)C(C)(C)C)c4ccccc4)ccc3[nH]2)c2sccc21. The molecule has 0 fully saturated rings. The van der Waals surface area contributed by atoms with Gasteiger partial charge in [0, 0.05) is 10.9 Å². The smallest absolute Gasteiger partial charge is 0.435 e. The Morgan fingerprint density at radius 1 is 0.947 bits per heavy atom. The molecule has 0 radical (unpaired) electrons. The maximum atomic E-state index is 12.8. The lowest BCUT2D eigenvalue weighted by Gasteiger charge is -2.24. The van der Waals surface area contributed by atoms with Gasteiger partial charge in [-0.25, -0.2) is 4.79 Å². The molecule has 5 aromatic rings. The molecular weight excluding hydrogens is 498 g/mol. The number of H-pyrrole nitrogens is 1. The Labute approximate surface area is 225 Å². The summed E-state index contributed by atoms with van der Waals surface area (Å²) in [4.78, 5) is 29.1. The van der Waals surface area contributed by atoms with E-state index in [0.29, 0.717) is 11.2 Å². The number of aromatic amines is 1. The van der Waals surface area contributed by atoms with Gasteiger partial charge >= 0.3 is 12.1 Å². The number of carbonyl (C=O) groups excluding carboxylic acids is 2. The molecule has 0 spiro atoms. The average Bonchev–Trinajstić information content (AvgIpc) is 3.55. The van der Waals surface area contributed by atoms with Gasteiger partial charge in [0.2, 0.25) is 0 Å². The van der Waals surface area contributed by atoms with Crippen molar-refractivity contribution in [3.05, 3.63) is 77.2 Å². The minimum atomic E-state index is -0.630. The van der Waals surface area contributed by atoms with E-state index < -0.39 is 23.2 Å². The van der Waals surface area contributed by atoms with E-state index in [0.717, 1.165) is 32.4 Å². The number of hydrogen-bond donors (Lipinski definition) is 1. The van der Waals surface area contributed by atoms with Crippen LogP contribution in [0.1, 0.15) is 58.8 Å². The van der Waals surface area contributed by atoms with Crippen molar-refractivity contribution in [1.82, 2.24) is 14.8 Å². The molecule has 3 aromatic heterocycles. The number of hydrogen-bond acceptors (Lipinski definition) is 6. The molecule has 7 nitrogen and oxygen atoms in total. The largest absolute Gasteiger partial charge is 0.452 e. The van der Waals surface area contributed by atoms with E-state index >= 15 is 0 Å². The molecule has 38 heavy (non-hydrogen) atoms. The van der Waals surface area contributed by atoms with E-state index in [4.69, 9.17) is 9.47 Å². The van der Waals surface area contributed by atoms with Crippen molar-refractivity contribution in [2.45, 2.75) is 53.2 Å². The molecule has 3 heterocycles. The van der Waals surface area contributed by atoms with E-state index in [1.54, 1.807) is 0 Å². The molecule has 1 unspecified atom stereocenters. The highest BCUT2D eigenvalue weighted by atomic mass is 32.1. The Bertz CT molecular complexity index is 1630. The Morgan fingerprint density at radius 2 is 1.68 bits per heavy atom. The second-order valence-electron chi connectivity index (χ2n) is 11.4. The van der Waals surface area contributed by atoms with Gasteiger partial charge in [0.15, 0.2) is 6.10 Å². The van der Waals surface area contributed by atoms with Gasteiger partial charge in [-0.05, 0) is 82.3 Å². The third-order valence-electron chi connectivity index (χ3n) is 6.00. The molecule has 0 saturated heterocycles. The Hall–Kier alpha value is -3.91. The summed E-state index contributed by atoms with van der Waals surface area (Å²) in [6, 6.07) is 19.6. The van der Waals surface area contributed by atoms with Crippen molar-refractivity contribution < 1.29 is 19.1 Å². The second kappa shape index (κ2) is 9.44. The molecule has 0 amide bonds. The average molecular weight is 530 g/mol. The molecule has 0 aliphatic heterocycles. The molecule has 0 aliphatic carbocycles. The first-order chi connectivity index (χ1) is 17.9. The summed E-state index contributed by atoms with van der Waals surface area (Å²) in [5.41, 5.74) is 3.59. The van der Waals surface area contributed by atoms with Gasteiger partial charge in [-0.1, -0.05) is 36.4 Å². The summed E-state index contributed by atoms with van der Waals surface area (Å²) in [5, 5.41) is 7.50. The predicted octanol–water partition coefficient (Wildman–Crippen LogP) is 7.71. The fourth-order valence-corrected chi connectivity index (χ4v) is 5.02. The molecule has 1 atom stereocenters. The van der Waals surface area contributed by atoms with E-state index in [1.165, 1.54) is 16.0 Å². The lowest BCUT2D eigenvalue weighted by Crippen LogP contribution is -2.27. The van der Waals surface area contributed by atoms with Crippen LogP contribution in [0.15, 0.2) is 66.0 Å². The summed E-state index contributed by atoms with van der Waals surface area (Å²) < 4.78 is 13.8. The van der Waals surface area contributed by atoms with Crippen molar-refractivity contribution in [3.63, 3.8) is 0 Å². The highest BCUT2D eigenvalue weighted by molar-refractivity contribution is 7.17. The van der Waals surface area contributed by atoms with Gasteiger partial charge in [0.05, 0.1) is 21.3 Å². The van der Waals surface area contributed by atoms with Crippen LogP contribution >= 0.6 is 11.3 Å². The number of aromatic nitrogens is 3. The number of benzene rings is 2. The number of fused-ring (bicyclic) bond motifs is 2. The van der Waals surface area contributed by atoms with Crippen LogP contribution < -0.4 is 0 Å². The van der Waals surface area contributed by atoms with Gasteiger partial charge in [-0.15, -0.1) is 11.3 Å². The number of thiophene rings is 1. The minimum absolute atomic E-state index is 0.269. The van der Waals surface area contributed by atoms with Crippen molar-refractivity contribution in [2.24, 2.45) is 5.41 Å². The van der Waals surface area contributed by atoms with E-state index in [2.05, 4.69) is 10.1 Å². The molecule has 196 valence electrons. The number of ether oxygens (including phenoxy) is 2. The molecule has 0 saturated carbocycles. The molecule has 8 heteroatoms. The number of carbonyl (C=O) groups is 2. The third kappa shape index (κ3) is 5.09. The van der Waals surface area contributed by atoms with Crippen LogP contribution in [-0.4, -0.2) is 32.4 Å². The summed E-state index contributed by atoms with van der Waals surface area (Å²) in [6.07, 6.45) is -1.06. The zero-order chi connectivity index (χ0) is 27.2. The van der Waals surface area contributed by atoms with Crippen LogP contribution in [0.4, 0.5) is 4.79 Å². The van der Waals surface area contributed by atoms with Crippen LogP contribution in [0.2, 0.25) is 0 Å². The monoisotopic (exact) mass is 529 g/mol. The fraction of sp³-hybridized carbons (Fsp3) is 0.300. The van der Waals surface area contributed by atoms with Crippen LogP contribution in [0, 0.1) is 5.41 Å². The fourth-order valence-electron chi connectivity index (χ4n) is 4.15. The minimum Gasteiger partial charge on any atom is -0.452 e. The standard InChI is InChI=1S/C30H31N3O4S/c1-29(2,3)27(34)36-25(18-10-8-7-9-11-18)19-12-13-21-20(16-19)17-22(31-21)24-26-23(14-15-38-26)33(32-24)28(35)37-30(4,5)6/h7-17,25,31H,1-6H3. The van der Waals surface area contributed by atoms with Gasteiger partial charge in [0.1, 0.15) is 11.3 Å². The van der Waals surface area contributed by atoms with Crippen molar-refractivity contribution in [1.29, 1.82) is 0 Å². The molecule has 1 N–H and O–H groups in total. The normalized spacial score (nSPS) is 13.1. The molecular formula is C30H31N3O4S. The van der Waals surface area contributed by atoms with Crippen LogP contribution in [-0.2, 0) is 14.3 Å². The summed E-state index contributed by atoms with van der Waals surface area (Å²) in [6.45, 7) is 11.0. The van der Waals surface area contributed by atoms with E-state index in [-0.39, 0.29) is 5.97 Å². The van der Waals surface area contributed by atoms with Gasteiger partial charge in [-0.2, -0.15) is 9.78 Å². The first kappa shape index (κ1) is 25.7. The highest BCUT2D eigenvalue weighted by Crippen LogP contribution is 2.36. The topological polar surface area (TPSA) is 86.2 Å². The lowest BCUT2D eigenvalue weighted by atomic mass is 9.96. The highest BCUT2D eigenvalue weighted by Gasteiger charge is 2.29. The number of rotatable bonds is 4. The number of esters is 1. The van der Waals surface area contributed by atoms with Gasteiger partial charge < -0.3 is 14.5 Å². The van der Waals surface area contributed by atoms with Crippen LogP contribution in [0.5, 0.6) is 0 Å². The maximum absolute atomic E-state index is 12.8. The quantitative estimate of drug-likeness (QED) is 0.241.